The van der Waals surface area contributed by atoms with E-state index in [2.05, 4.69) is 20.3 Å². The van der Waals surface area contributed by atoms with Crippen LogP contribution in [0.3, 0.4) is 0 Å². The number of sulfone groups is 1. The number of carboxylic acids is 1. The van der Waals surface area contributed by atoms with Gasteiger partial charge in [0.05, 0.1) is 50.6 Å². The van der Waals surface area contributed by atoms with Crippen molar-refractivity contribution in [1.29, 1.82) is 0 Å². The lowest BCUT2D eigenvalue weighted by Crippen LogP contribution is -2.39. The minimum Gasteiger partial charge on any atom is -0.497 e. The number of aromatic nitrogens is 4. The van der Waals surface area contributed by atoms with Gasteiger partial charge in [0.1, 0.15) is 48.5 Å². The number of carbonyl (C=O) groups excluding carboxylic acids is 2. The zero-order chi connectivity index (χ0) is 48.7. The van der Waals surface area contributed by atoms with Crippen molar-refractivity contribution in [3.05, 3.63) is 145 Å². The van der Waals surface area contributed by atoms with Crippen molar-refractivity contribution < 1.29 is 56.3 Å². The number of nitrogens with zero attached hydrogens (tertiary/aromatic N) is 5. The van der Waals surface area contributed by atoms with Gasteiger partial charge in [-0.3, -0.25) is 19.5 Å². The van der Waals surface area contributed by atoms with Gasteiger partial charge >= 0.3 is 18.0 Å². The van der Waals surface area contributed by atoms with Gasteiger partial charge in [-0.15, -0.1) is 0 Å². The summed E-state index contributed by atoms with van der Waals surface area (Å²) in [5.74, 6) is -1.10. The number of ether oxygens (including phenoxy) is 6. The summed E-state index contributed by atoms with van der Waals surface area (Å²) in [6.07, 6.45) is -1.72. The Balaban J connectivity index is 1.03. The smallest absolute Gasteiger partial charge is 0.412 e. The highest BCUT2D eigenvalue weighted by Gasteiger charge is 2.44. The van der Waals surface area contributed by atoms with Gasteiger partial charge in [0.2, 0.25) is 0 Å². The van der Waals surface area contributed by atoms with Crippen LogP contribution in [0.15, 0.2) is 133 Å². The molecule has 0 saturated carbocycles. The van der Waals surface area contributed by atoms with Gasteiger partial charge < -0.3 is 38.4 Å². The summed E-state index contributed by atoms with van der Waals surface area (Å²) in [6, 6.07) is 35.1. The van der Waals surface area contributed by atoms with E-state index in [9.17, 15) is 27.9 Å². The monoisotopic (exact) mass is 958 g/mol. The van der Waals surface area contributed by atoms with E-state index in [-0.39, 0.29) is 41.3 Å². The lowest BCUT2D eigenvalue weighted by atomic mass is 9.80. The number of carboxylic acid groups (broad SMARTS) is 1. The second-order valence-electron chi connectivity index (χ2n) is 16.3. The first-order valence-corrected chi connectivity index (χ1v) is 23.5. The molecule has 0 radical (unpaired) electrons. The molecule has 1 fully saturated rings. The quantitative estimate of drug-likeness (QED) is 0.0607. The summed E-state index contributed by atoms with van der Waals surface area (Å²) in [5.41, 5.74) is 2.31. The average molecular weight is 959 g/mol. The van der Waals surface area contributed by atoms with E-state index in [1.54, 1.807) is 37.0 Å². The molecule has 5 aromatic carbocycles. The van der Waals surface area contributed by atoms with Gasteiger partial charge in [0.25, 0.3) is 0 Å². The number of imidazole rings is 1. The van der Waals surface area contributed by atoms with E-state index in [0.29, 0.717) is 16.9 Å². The maximum Gasteiger partial charge on any atom is 0.412 e. The van der Waals surface area contributed by atoms with Crippen molar-refractivity contribution in [2.45, 2.75) is 48.2 Å². The SMILES string of the molecule is COc1ccc(C(OC[C@H]2O[C@@H](n3cnc4c(NC(=O)OCCS(=O)(=O)c5cccc6c(N(C)C)cccc56)ncnc43)C[C@@H]2OC(=O)CCC(=O)O)(c2ccccc2)c2ccc(OC)cc2)cc1. The highest BCUT2D eigenvalue weighted by atomic mass is 32.2. The van der Waals surface area contributed by atoms with Crippen molar-refractivity contribution in [2.75, 3.05) is 57.5 Å². The molecule has 7 aromatic rings. The average Bonchev–Trinajstić information content (AvgIpc) is 3.98. The molecule has 0 bridgehead atoms. The third kappa shape index (κ3) is 10.3. The van der Waals surface area contributed by atoms with Gasteiger partial charge in [-0.2, -0.15) is 0 Å². The molecule has 3 heterocycles. The number of aliphatic carboxylic acids is 1. The van der Waals surface area contributed by atoms with E-state index >= 15 is 0 Å². The van der Waals surface area contributed by atoms with E-state index < -0.39 is 70.7 Å². The van der Waals surface area contributed by atoms with Crippen molar-refractivity contribution >= 4 is 61.3 Å². The van der Waals surface area contributed by atoms with Gasteiger partial charge in [0, 0.05) is 37.0 Å². The summed E-state index contributed by atoms with van der Waals surface area (Å²) in [4.78, 5) is 52.8. The first kappa shape index (κ1) is 47.9. The molecular formula is C50H50N6O12S. The lowest BCUT2D eigenvalue weighted by molar-refractivity contribution is -0.157. The van der Waals surface area contributed by atoms with Crippen LogP contribution in [-0.2, 0) is 44.0 Å². The molecule has 2 N–H and O–H groups in total. The zero-order valence-corrected chi connectivity index (χ0v) is 39.0. The summed E-state index contributed by atoms with van der Waals surface area (Å²) < 4.78 is 64.7. The molecule has 19 heteroatoms. The molecule has 0 aliphatic carbocycles. The van der Waals surface area contributed by atoms with Crippen LogP contribution in [0.4, 0.5) is 16.3 Å². The third-order valence-electron chi connectivity index (χ3n) is 11.8. The van der Waals surface area contributed by atoms with Crippen LogP contribution in [0, 0.1) is 0 Å². The number of carbonyl (C=O) groups is 3. The number of fused-ring (bicyclic) bond motifs is 2. The van der Waals surface area contributed by atoms with Crippen molar-refractivity contribution in [3.8, 4) is 11.5 Å². The van der Waals surface area contributed by atoms with E-state index in [0.717, 1.165) is 27.8 Å². The van der Waals surface area contributed by atoms with Crippen LogP contribution < -0.4 is 19.7 Å². The molecule has 0 unspecified atom stereocenters. The Bertz CT molecular complexity index is 3010. The highest BCUT2D eigenvalue weighted by molar-refractivity contribution is 7.91. The van der Waals surface area contributed by atoms with E-state index in [1.165, 1.54) is 18.7 Å². The number of anilines is 2. The van der Waals surface area contributed by atoms with Gasteiger partial charge in [-0.1, -0.05) is 78.9 Å². The molecule has 1 amide bonds. The number of nitrogens with one attached hydrogen (secondary N) is 1. The maximum absolute atomic E-state index is 13.5. The highest BCUT2D eigenvalue weighted by Crippen LogP contribution is 2.43. The Morgan fingerprint density at radius 3 is 2.12 bits per heavy atom. The van der Waals surface area contributed by atoms with E-state index in [4.69, 9.17) is 28.4 Å². The molecule has 1 aliphatic heterocycles. The fourth-order valence-corrected chi connectivity index (χ4v) is 9.75. The molecule has 69 heavy (non-hydrogen) atoms. The van der Waals surface area contributed by atoms with E-state index in [1.807, 2.05) is 110 Å². The predicted octanol–water partition coefficient (Wildman–Crippen LogP) is 7.16. The van der Waals surface area contributed by atoms with Gasteiger partial charge in [-0.05, 0) is 53.1 Å². The molecule has 8 rings (SSSR count). The standard InChI is InChI=1S/C50H50N6O12S/c1-55(2)39-14-8-13-38-37(39)12-9-15-42(38)69(61,62)27-26-65-49(60)54-47-46-48(52-30-51-47)56(31-53-46)43-28-40(68-45(59)25-24-44(57)58)41(67-43)29-66-50(32-10-6-5-7-11-32,33-16-20-35(63-3)21-17-33)34-18-22-36(64-4)23-19-34/h5-23,30-31,40-41,43H,24-29H2,1-4H3,(H,57,58)(H,51,52,54,60)/t40-,41+,43+/m0/s1. The predicted molar refractivity (Wildman–Crippen MR) is 254 cm³/mol. The van der Waals surface area contributed by atoms with Crippen LogP contribution >= 0.6 is 0 Å². The number of hydrogen-bond acceptors (Lipinski definition) is 15. The molecule has 0 spiro atoms. The number of hydrogen-bond donors (Lipinski definition) is 2. The third-order valence-corrected chi connectivity index (χ3v) is 13.5. The molecule has 3 atom stereocenters. The van der Waals surface area contributed by atoms with Crippen molar-refractivity contribution in [2.24, 2.45) is 0 Å². The van der Waals surface area contributed by atoms with Crippen LogP contribution in [0.25, 0.3) is 21.9 Å². The first-order valence-electron chi connectivity index (χ1n) is 21.9. The second kappa shape index (κ2) is 20.7. The lowest BCUT2D eigenvalue weighted by Gasteiger charge is -2.37. The zero-order valence-electron chi connectivity index (χ0n) is 38.2. The maximum atomic E-state index is 13.5. The number of rotatable bonds is 19. The molecule has 18 nitrogen and oxygen atoms in total. The minimum atomic E-state index is -3.88. The van der Waals surface area contributed by atoms with Crippen molar-refractivity contribution in [1.82, 2.24) is 19.5 Å². The largest absolute Gasteiger partial charge is 0.497 e. The Kier molecular flexibility index (Phi) is 14.4. The Labute approximate surface area is 397 Å². The second-order valence-corrected chi connectivity index (χ2v) is 18.3. The molecule has 358 valence electrons. The van der Waals surface area contributed by atoms with Crippen LogP contribution in [0.5, 0.6) is 11.5 Å². The molecule has 1 saturated heterocycles. The van der Waals surface area contributed by atoms with Crippen LogP contribution in [-0.4, -0.2) is 111 Å². The number of methoxy groups -OCH3 is 2. The normalized spacial score (nSPS) is 16.0. The van der Waals surface area contributed by atoms with Crippen LogP contribution in [0.1, 0.15) is 42.2 Å². The molecular weight excluding hydrogens is 909 g/mol. The van der Waals surface area contributed by atoms with Crippen molar-refractivity contribution in [3.63, 3.8) is 0 Å². The van der Waals surface area contributed by atoms with Gasteiger partial charge in [0.15, 0.2) is 26.8 Å². The Hall–Kier alpha value is -7.61. The summed E-state index contributed by atoms with van der Waals surface area (Å²) >= 11 is 0. The Morgan fingerprint density at radius 1 is 0.812 bits per heavy atom. The summed E-state index contributed by atoms with van der Waals surface area (Å²) in [6.45, 7) is -0.580. The topological polar surface area (TPSA) is 220 Å². The van der Waals surface area contributed by atoms with Gasteiger partial charge in [-0.25, -0.2) is 28.2 Å². The minimum absolute atomic E-state index is 0.0157. The fraction of sp³-hybridized carbons (Fsp3) is 0.280. The Morgan fingerprint density at radius 2 is 1.46 bits per heavy atom. The number of benzene rings is 5. The number of esters is 1. The van der Waals surface area contributed by atoms with Crippen LogP contribution in [0.2, 0.25) is 0 Å². The number of amides is 1. The molecule has 2 aromatic heterocycles. The molecule has 1 aliphatic rings. The summed E-state index contributed by atoms with van der Waals surface area (Å²) in [5, 5.41) is 13.2. The fourth-order valence-electron chi connectivity index (χ4n) is 8.43. The summed E-state index contributed by atoms with van der Waals surface area (Å²) in [7, 11) is 3.04. The first-order chi connectivity index (χ1) is 33.3.